The van der Waals surface area contributed by atoms with E-state index in [9.17, 15) is 8.63 Å². The van der Waals surface area contributed by atoms with Crippen molar-refractivity contribution in [3.8, 4) is 0 Å². The molecule has 9 heavy (non-hydrogen) atoms. The lowest BCUT2D eigenvalue weighted by molar-refractivity contribution is 0.559. The zero-order valence-electron chi connectivity index (χ0n) is 5.64. The Morgan fingerprint density at radius 3 is 1.78 bits per heavy atom. The molecule has 0 atom stereocenters. The highest BCUT2D eigenvalue weighted by Gasteiger charge is 2.26. The Kier molecular flexibility index (Phi) is 3.27. The van der Waals surface area contributed by atoms with E-state index in [1.54, 1.807) is 13.3 Å². The Morgan fingerprint density at radius 2 is 1.78 bits per heavy atom. The van der Waals surface area contributed by atoms with E-state index in [-0.39, 0.29) is 0 Å². The largest absolute Gasteiger partial charge is 0.640 e. The standard InChI is InChI=1S/C3H9BF2NPS/c1-7(4(5)6)8(2,3)9/h1-3H3. The molecule has 1 nitrogen and oxygen atoms in total. The van der Waals surface area contributed by atoms with Gasteiger partial charge in [0.05, 0.1) is 0 Å². The Labute approximate surface area is 59.7 Å². The van der Waals surface area contributed by atoms with Crippen LogP contribution in [0.15, 0.2) is 0 Å². The molecule has 0 aromatic carbocycles. The molecule has 0 rings (SSSR count). The van der Waals surface area contributed by atoms with Crippen LogP contribution >= 0.6 is 6.19 Å². The highest BCUT2D eigenvalue weighted by Crippen LogP contribution is 2.40. The van der Waals surface area contributed by atoms with Gasteiger partial charge in [-0.15, -0.1) is 0 Å². The van der Waals surface area contributed by atoms with Gasteiger partial charge < -0.3 is 0 Å². The molecule has 0 N–H and O–H groups in total. The van der Waals surface area contributed by atoms with Crippen LogP contribution in [-0.4, -0.2) is 32.4 Å². The Bertz CT molecular complexity index is 136. The molecule has 0 aliphatic heterocycles. The van der Waals surface area contributed by atoms with Crippen molar-refractivity contribution in [1.29, 1.82) is 0 Å². The second kappa shape index (κ2) is 3.08. The maximum absolute atomic E-state index is 11.8. The van der Waals surface area contributed by atoms with Crippen molar-refractivity contribution in [2.24, 2.45) is 0 Å². The average Bonchev–Trinajstić information content (AvgIpc) is 1.62. The van der Waals surface area contributed by atoms with Gasteiger partial charge in [-0.3, -0.25) is 13.2 Å². The summed E-state index contributed by atoms with van der Waals surface area (Å²) in [5.41, 5.74) is 0. The van der Waals surface area contributed by atoms with Crippen molar-refractivity contribution >= 4 is 25.4 Å². The molecular formula is C3H9BF2NPS. The SMILES string of the molecule is CN(B(F)F)P(C)(C)=S. The number of nitrogens with zero attached hydrogens (tertiary/aromatic N) is 1. The first-order chi connectivity index (χ1) is 3.85. The van der Waals surface area contributed by atoms with Crippen LogP contribution < -0.4 is 0 Å². The third kappa shape index (κ3) is 3.28. The van der Waals surface area contributed by atoms with Gasteiger partial charge in [-0.05, 0) is 20.4 Å². The summed E-state index contributed by atoms with van der Waals surface area (Å²) in [4.78, 5) is 0. The second-order valence-electron chi connectivity index (χ2n) is 2.15. The summed E-state index contributed by atoms with van der Waals surface area (Å²) in [5.74, 6) is 0. The van der Waals surface area contributed by atoms with Crippen LogP contribution in [0.2, 0.25) is 0 Å². The van der Waals surface area contributed by atoms with E-state index < -0.39 is 13.6 Å². The molecule has 54 valence electrons. The summed E-state index contributed by atoms with van der Waals surface area (Å²) in [6.07, 6.45) is -1.90. The summed E-state index contributed by atoms with van der Waals surface area (Å²) in [5, 5.41) is 0. The quantitative estimate of drug-likeness (QED) is 0.457. The molecule has 0 heterocycles. The first-order valence-corrected chi connectivity index (χ1v) is 6.07. The van der Waals surface area contributed by atoms with Crippen molar-refractivity contribution in [2.45, 2.75) is 0 Å². The zero-order chi connectivity index (χ0) is 7.65. The smallest absolute Gasteiger partial charge is 0.269 e. The molecule has 0 unspecified atom stereocenters. The molecule has 0 bridgehead atoms. The van der Waals surface area contributed by atoms with Gasteiger partial charge in [0, 0.05) is 6.19 Å². The van der Waals surface area contributed by atoms with Gasteiger partial charge in [0.15, 0.2) is 0 Å². The van der Waals surface area contributed by atoms with Crippen LogP contribution in [0.25, 0.3) is 0 Å². The molecule has 0 spiro atoms. The van der Waals surface area contributed by atoms with Crippen molar-refractivity contribution in [3.05, 3.63) is 0 Å². The fraction of sp³-hybridized carbons (Fsp3) is 1.00. The topological polar surface area (TPSA) is 3.24 Å². The van der Waals surface area contributed by atoms with Gasteiger partial charge in [-0.1, -0.05) is 11.8 Å². The lowest BCUT2D eigenvalue weighted by Gasteiger charge is -2.21. The molecule has 0 amide bonds. The molecule has 0 radical (unpaired) electrons. The molecule has 6 heteroatoms. The van der Waals surface area contributed by atoms with E-state index in [4.69, 9.17) is 11.8 Å². The lowest BCUT2D eigenvalue weighted by Crippen LogP contribution is -2.24. The first-order valence-electron chi connectivity index (χ1n) is 2.42. The minimum atomic E-state index is -2.41. The minimum Gasteiger partial charge on any atom is -0.269 e. The van der Waals surface area contributed by atoms with E-state index >= 15 is 0 Å². The number of rotatable bonds is 2. The van der Waals surface area contributed by atoms with Crippen LogP contribution in [0.5, 0.6) is 0 Å². The zero-order valence-corrected chi connectivity index (χ0v) is 7.35. The summed E-state index contributed by atoms with van der Waals surface area (Å²) < 4.78 is 24.6. The van der Waals surface area contributed by atoms with Crippen LogP contribution in [0.1, 0.15) is 0 Å². The predicted octanol–water partition coefficient (Wildman–Crippen LogP) is 1.50. The van der Waals surface area contributed by atoms with E-state index in [0.29, 0.717) is 0 Å². The lowest BCUT2D eigenvalue weighted by atomic mass is 10.3. The third-order valence-corrected chi connectivity index (χ3v) is 3.51. The monoisotopic (exact) mass is 171 g/mol. The molecule has 0 aromatic heterocycles. The molecular weight excluding hydrogens is 162 g/mol. The van der Waals surface area contributed by atoms with Gasteiger partial charge in [-0.25, -0.2) is 0 Å². The average molecular weight is 171 g/mol. The molecule has 0 saturated heterocycles. The summed E-state index contributed by atoms with van der Waals surface area (Å²) in [6, 6.07) is 0. The summed E-state index contributed by atoms with van der Waals surface area (Å²) >= 11 is 4.84. The molecule has 0 aliphatic carbocycles. The normalized spacial score (nSPS) is 12.2. The fourth-order valence-electron chi connectivity index (χ4n) is 0.210. The number of halogens is 2. The van der Waals surface area contributed by atoms with Crippen LogP contribution in [-0.2, 0) is 11.8 Å². The van der Waals surface area contributed by atoms with E-state index in [1.165, 1.54) is 7.05 Å². The molecule has 0 fully saturated rings. The molecule has 0 aliphatic rings. The van der Waals surface area contributed by atoms with Gasteiger partial charge >= 0.3 is 7.40 Å². The van der Waals surface area contributed by atoms with Gasteiger partial charge in [0.25, 0.3) is 0 Å². The predicted molar refractivity (Wildman–Crippen MR) is 41.9 cm³/mol. The Morgan fingerprint density at radius 1 is 1.44 bits per heavy atom. The van der Waals surface area contributed by atoms with Crippen LogP contribution in [0.3, 0.4) is 0 Å². The summed E-state index contributed by atoms with van der Waals surface area (Å²) in [6.45, 7) is 3.35. The second-order valence-corrected chi connectivity index (χ2v) is 8.05. The fourth-order valence-corrected chi connectivity index (χ4v) is 0.844. The third-order valence-electron chi connectivity index (χ3n) is 1.04. The van der Waals surface area contributed by atoms with Gasteiger partial charge in [-0.2, -0.15) is 0 Å². The number of hydrogen-bond acceptors (Lipinski definition) is 1. The first kappa shape index (κ1) is 9.53. The Hall–Kier alpha value is 0.535. The van der Waals surface area contributed by atoms with Gasteiger partial charge in [0.2, 0.25) is 0 Å². The minimum absolute atomic E-state index is 0.947. The highest BCUT2D eigenvalue weighted by atomic mass is 32.4. The maximum atomic E-state index is 11.8. The van der Waals surface area contributed by atoms with E-state index in [0.717, 1.165) is 4.58 Å². The highest BCUT2D eigenvalue weighted by molar-refractivity contribution is 8.13. The van der Waals surface area contributed by atoms with Crippen LogP contribution in [0.4, 0.5) is 8.63 Å². The van der Waals surface area contributed by atoms with E-state index in [1.807, 2.05) is 0 Å². The van der Waals surface area contributed by atoms with Gasteiger partial charge in [0.1, 0.15) is 0 Å². The number of hydrogen-bond donors (Lipinski definition) is 0. The van der Waals surface area contributed by atoms with Crippen LogP contribution in [0, 0.1) is 0 Å². The Balaban J connectivity index is 4.05. The maximum Gasteiger partial charge on any atom is 0.640 e. The molecule has 0 aromatic rings. The van der Waals surface area contributed by atoms with Crippen molar-refractivity contribution < 1.29 is 8.63 Å². The molecule has 0 saturated carbocycles. The summed E-state index contributed by atoms with van der Waals surface area (Å²) in [7, 11) is -1.06. The van der Waals surface area contributed by atoms with Crippen molar-refractivity contribution in [1.82, 2.24) is 4.58 Å². The van der Waals surface area contributed by atoms with E-state index in [2.05, 4.69) is 0 Å². The van der Waals surface area contributed by atoms with Crippen molar-refractivity contribution in [2.75, 3.05) is 20.4 Å². The van der Waals surface area contributed by atoms with Crippen molar-refractivity contribution in [3.63, 3.8) is 0 Å².